The molecule has 0 unspecified atom stereocenters. The molecule has 1 aliphatic rings. The number of ether oxygens (including phenoxy) is 2. The SMILES string of the molecule is COc1ccc(N2CCN(C(=S)NC(=O)c3cc4ccccc4c(Br)c3OC)CC2)c([N+](=O)[O-])c1. The first-order valence-electron chi connectivity index (χ1n) is 10.8. The molecule has 182 valence electrons. The Morgan fingerprint density at radius 2 is 1.80 bits per heavy atom. The van der Waals surface area contributed by atoms with Crippen LogP contribution in [0.25, 0.3) is 10.8 Å². The Bertz CT molecular complexity index is 1310. The number of nitrogens with zero attached hydrogens (tertiary/aromatic N) is 3. The number of hydrogen-bond acceptors (Lipinski definition) is 7. The number of thiocarbonyl (C=S) groups is 1. The third-order valence-electron chi connectivity index (χ3n) is 5.90. The predicted octanol–water partition coefficient (Wildman–Crippen LogP) is 4.36. The number of rotatable bonds is 5. The fourth-order valence-corrected chi connectivity index (χ4v) is 5.10. The molecule has 1 heterocycles. The van der Waals surface area contributed by atoms with Crippen molar-refractivity contribution in [1.29, 1.82) is 0 Å². The number of piperazine rings is 1. The number of benzene rings is 3. The zero-order valence-electron chi connectivity index (χ0n) is 19.1. The van der Waals surface area contributed by atoms with Crippen molar-refractivity contribution >= 4 is 61.3 Å². The van der Waals surface area contributed by atoms with Crippen molar-refractivity contribution in [3.8, 4) is 11.5 Å². The number of nitrogens with one attached hydrogen (secondary N) is 1. The molecular weight excluding hydrogens is 536 g/mol. The van der Waals surface area contributed by atoms with Gasteiger partial charge in [-0.25, -0.2) is 0 Å². The van der Waals surface area contributed by atoms with Gasteiger partial charge in [0.25, 0.3) is 11.6 Å². The largest absolute Gasteiger partial charge is 0.496 e. The Kier molecular flexibility index (Phi) is 7.37. The molecule has 1 amide bonds. The zero-order valence-corrected chi connectivity index (χ0v) is 21.5. The van der Waals surface area contributed by atoms with Gasteiger partial charge < -0.3 is 19.3 Å². The van der Waals surface area contributed by atoms with Crippen LogP contribution in [0.1, 0.15) is 10.4 Å². The van der Waals surface area contributed by atoms with Crippen LogP contribution < -0.4 is 19.7 Å². The van der Waals surface area contributed by atoms with Crippen molar-refractivity contribution in [2.24, 2.45) is 0 Å². The van der Waals surface area contributed by atoms with E-state index in [0.29, 0.717) is 58.5 Å². The second-order valence-electron chi connectivity index (χ2n) is 7.84. The fraction of sp³-hybridized carbons (Fsp3) is 0.250. The maximum absolute atomic E-state index is 13.1. The lowest BCUT2D eigenvalue weighted by Crippen LogP contribution is -2.52. The summed E-state index contributed by atoms with van der Waals surface area (Å²) in [5.74, 6) is 0.492. The highest BCUT2D eigenvalue weighted by Crippen LogP contribution is 2.37. The third kappa shape index (κ3) is 5.01. The van der Waals surface area contributed by atoms with Gasteiger partial charge in [-0.05, 0) is 57.1 Å². The summed E-state index contributed by atoms with van der Waals surface area (Å²) in [4.78, 5) is 28.1. The number of nitro benzene ring substituents is 1. The highest BCUT2D eigenvalue weighted by atomic mass is 79.9. The second-order valence-corrected chi connectivity index (χ2v) is 9.02. The minimum absolute atomic E-state index is 0.0114. The standard InChI is InChI=1S/C24H23BrN4O5S/c1-33-16-7-8-19(20(14-16)29(31)32)27-9-11-28(12-10-27)24(35)26-23(30)18-13-15-5-3-4-6-17(15)21(25)22(18)34-2/h3-8,13-14H,9-12H2,1-2H3,(H,26,30,35). The summed E-state index contributed by atoms with van der Waals surface area (Å²) in [5, 5.41) is 16.5. The number of carbonyl (C=O) groups is 1. The maximum atomic E-state index is 13.1. The van der Waals surface area contributed by atoms with Gasteiger partial charge in [0, 0.05) is 26.2 Å². The quantitative estimate of drug-likeness (QED) is 0.280. The van der Waals surface area contributed by atoms with Gasteiger partial charge in [0.05, 0.1) is 35.2 Å². The van der Waals surface area contributed by atoms with Gasteiger partial charge in [-0.1, -0.05) is 24.3 Å². The second kappa shape index (κ2) is 10.4. The lowest BCUT2D eigenvalue weighted by Gasteiger charge is -2.37. The van der Waals surface area contributed by atoms with Crippen molar-refractivity contribution in [1.82, 2.24) is 10.2 Å². The lowest BCUT2D eigenvalue weighted by molar-refractivity contribution is -0.384. The van der Waals surface area contributed by atoms with Gasteiger partial charge in [0.2, 0.25) is 0 Å². The Labute approximate surface area is 215 Å². The van der Waals surface area contributed by atoms with Crippen LogP contribution in [-0.4, -0.2) is 61.2 Å². The van der Waals surface area contributed by atoms with Gasteiger partial charge in [-0.15, -0.1) is 0 Å². The molecule has 11 heteroatoms. The molecule has 1 fully saturated rings. The number of amides is 1. The molecule has 3 aromatic carbocycles. The molecule has 0 radical (unpaired) electrons. The lowest BCUT2D eigenvalue weighted by atomic mass is 10.1. The number of hydrogen-bond donors (Lipinski definition) is 1. The normalized spacial score (nSPS) is 13.5. The topological polar surface area (TPSA) is 97.2 Å². The minimum atomic E-state index is -0.413. The summed E-state index contributed by atoms with van der Waals surface area (Å²) in [6, 6.07) is 14.3. The van der Waals surface area contributed by atoms with Crippen LogP contribution in [-0.2, 0) is 0 Å². The molecule has 0 aliphatic carbocycles. The first kappa shape index (κ1) is 24.7. The zero-order chi connectivity index (χ0) is 25.1. The number of nitro groups is 1. The van der Waals surface area contributed by atoms with Crippen LogP contribution in [0, 0.1) is 10.1 Å². The predicted molar refractivity (Wildman–Crippen MR) is 142 cm³/mol. The molecule has 3 aromatic rings. The monoisotopic (exact) mass is 558 g/mol. The van der Waals surface area contributed by atoms with Crippen molar-refractivity contribution in [3.63, 3.8) is 0 Å². The average Bonchev–Trinajstić information content (AvgIpc) is 2.88. The van der Waals surface area contributed by atoms with Gasteiger partial charge in [0.15, 0.2) is 5.11 Å². The van der Waals surface area contributed by atoms with Crippen molar-refractivity contribution in [2.75, 3.05) is 45.3 Å². The van der Waals surface area contributed by atoms with Gasteiger partial charge in [-0.3, -0.25) is 20.2 Å². The van der Waals surface area contributed by atoms with Crippen LogP contribution in [0.15, 0.2) is 53.0 Å². The Hall–Kier alpha value is -3.44. The van der Waals surface area contributed by atoms with E-state index in [1.165, 1.54) is 20.3 Å². The maximum Gasteiger partial charge on any atom is 0.296 e. The van der Waals surface area contributed by atoms with E-state index in [1.807, 2.05) is 34.1 Å². The molecule has 35 heavy (non-hydrogen) atoms. The summed E-state index contributed by atoms with van der Waals surface area (Å²) in [6.45, 7) is 2.02. The first-order chi connectivity index (χ1) is 16.8. The van der Waals surface area contributed by atoms with E-state index in [4.69, 9.17) is 21.7 Å². The van der Waals surface area contributed by atoms with E-state index in [2.05, 4.69) is 21.2 Å². The van der Waals surface area contributed by atoms with Crippen LogP contribution in [0.3, 0.4) is 0 Å². The van der Waals surface area contributed by atoms with Crippen LogP contribution in [0.2, 0.25) is 0 Å². The molecule has 4 rings (SSSR count). The van der Waals surface area contributed by atoms with Crippen LogP contribution in [0.5, 0.6) is 11.5 Å². The van der Waals surface area contributed by atoms with Crippen LogP contribution >= 0.6 is 28.1 Å². The highest BCUT2D eigenvalue weighted by molar-refractivity contribution is 9.10. The highest BCUT2D eigenvalue weighted by Gasteiger charge is 2.27. The molecule has 1 aliphatic heterocycles. The number of carbonyl (C=O) groups excluding carboxylic acids is 1. The van der Waals surface area contributed by atoms with E-state index in [-0.39, 0.29) is 11.6 Å². The number of methoxy groups -OCH3 is 2. The fourth-order valence-electron chi connectivity index (χ4n) is 4.09. The molecule has 0 saturated carbocycles. The van der Waals surface area contributed by atoms with E-state index >= 15 is 0 Å². The smallest absolute Gasteiger partial charge is 0.296 e. The summed E-state index contributed by atoms with van der Waals surface area (Å²) >= 11 is 9.06. The minimum Gasteiger partial charge on any atom is -0.496 e. The van der Waals surface area contributed by atoms with E-state index in [1.54, 1.807) is 18.2 Å². The van der Waals surface area contributed by atoms with Crippen molar-refractivity contribution in [2.45, 2.75) is 0 Å². The first-order valence-corrected chi connectivity index (χ1v) is 12.0. The molecule has 0 atom stereocenters. The molecule has 1 N–H and O–H groups in total. The van der Waals surface area contributed by atoms with Crippen molar-refractivity contribution < 1.29 is 19.2 Å². The Balaban J connectivity index is 1.46. The molecule has 0 spiro atoms. The van der Waals surface area contributed by atoms with Crippen LogP contribution in [0.4, 0.5) is 11.4 Å². The number of fused-ring (bicyclic) bond motifs is 1. The molecule has 1 saturated heterocycles. The van der Waals surface area contributed by atoms with Crippen molar-refractivity contribution in [3.05, 3.63) is 68.7 Å². The van der Waals surface area contributed by atoms with Gasteiger partial charge >= 0.3 is 0 Å². The molecule has 0 bridgehead atoms. The summed E-state index contributed by atoms with van der Waals surface area (Å²) in [6.07, 6.45) is 0. The van der Waals surface area contributed by atoms with E-state index in [9.17, 15) is 14.9 Å². The molecular formula is C24H23BrN4O5S. The van der Waals surface area contributed by atoms with Gasteiger partial charge in [-0.2, -0.15) is 0 Å². The third-order valence-corrected chi connectivity index (χ3v) is 7.04. The Morgan fingerprint density at radius 1 is 1.09 bits per heavy atom. The summed E-state index contributed by atoms with van der Waals surface area (Å²) < 4.78 is 11.3. The number of anilines is 1. The molecule has 0 aromatic heterocycles. The summed E-state index contributed by atoms with van der Waals surface area (Å²) in [5.41, 5.74) is 0.881. The molecule has 9 nitrogen and oxygen atoms in total. The average molecular weight is 559 g/mol. The van der Waals surface area contributed by atoms with E-state index < -0.39 is 4.92 Å². The summed E-state index contributed by atoms with van der Waals surface area (Å²) in [7, 11) is 2.99. The van der Waals surface area contributed by atoms with E-state index in [0.717, 1.165) is 10.8 Å². The Morgan fingerprint density at radius 3 is 2.46 bits per heavy atom. The number of halogens is 1. The van der Waals surface area contributed by atoms with Gasteiger partial charge in [0.1, 0.15) is 17.2 Å².